The molecule has 0 bridgehead atoms. The summed E-state index contributed by atoms with van der Waals surface area (Å²) in [6, 6.07) is 28.2. The quantitative estimate of drug-likeness (QED) is 0.693. The second-order valence-electron chi connectivity index (χ2n) is 7.60. The number of nitrogens with zero attached hydrogens (tertiary/aromatic N) is 2. The Morgan fingerprint density at radius 2 is 1.53 bits per heavy atom. The predicted octanol–water partition coefficient (Wildman–Crippen LogP) is 3.10. The van der Waals surface area contributed by atoms with Crippen molar-refractivity contribution in [2.24, 2.45) is 5.73 Å². The standard InChI is InChI=1S/C25H25N3O2/c26-24(29)17-27-18-25(30)28(16-21(27)15-19-9-3-1-4-10-19)23-14-8-7-13-22(23)20-11-5-2-6-12-20/h1-14,21H,15-18H2,(H2,26,29). The van der Waals surface area contributed by atoms with Crippen molar-refractivity contribution >= 4 is 17.5 Å². The summed E-state index contributed by atoms with van der Waals surface area (Å²) in [5.74, 6) is -0.442. The fraction of sp³-hybridized carbons (Fsp3) is 0.200. The van der Waals surface area contributed by atoms with Crippen molar-refractivity contribution in [3.63, 3.8) is 0 Å². The van der Waals surface area contributed by atoms with Crippen molar-refractivity contribution in [1.29, 1.82) is 0 Å². The van der Waals surface area contributed by atoms with Crippen molar-refractivity contribution in [2.75, 3.05) is 24.5 Å². The molecule has 0 aromatic heterocycles. The highest BCUT2D eigenvalue weighted by Crippen LogP contribution is 2.32. The molecule has 3 aromatic rings. The molecular formula is C25H25N3O2. The largest absolute Gasteiger partial charge is 0.369 e. The molecule has 1 fully saturated rings. The first-order chi connectivity index (χ1) is 14.6. The topological polar surface area (TPSA) is 66.6 Å². The Kier molecular flexibility index (Phi) is 5.91. The van der Waals surface area contributed by atoms with Crippen LogP contribution in [-0.2, 0) is 16.0 Å². The van der Waals surface area contributed by atoms with Gasteiger partial charge in [0.05, 0.1) is 18.8 Å². The van der Waals surface area contributed by atoms with Crippen molar-refractivity contribution in [1.82, 2.24) is 4.90 Å². The van der Waals surface area contributed by atoms with Crippen LogP contribution in [0.2, 0.25) is 0 Å². The summed E-state index contributed by atoms with van der Waals surface area (Å²) in [5.41, 5.74) is 9.62. The third-order valence-corrected chi connectivity index (χ3v) is 5.50. The van der Waals surface area contributed by atoms with Gasteiger partial charge in [-0.25, -0.2) is 0 Å². The summed E-state index contributed by atoms with van der Waals surface area (Å²) in [4.78, 5) is 28.5. The van der Waals surface area contributed by atoms with Gasteiger partial charge in [0.15, 0.2) is 0 Å². The molecule has 1 aliphatic heterocycles. The third-order valence-electron chi connectivity index (χ3n) is 5.50. The number of amides is 2. The van der Waals surface area contributed by atoms with E-state index >= 15 is 0 Å². The Labute approximate surface area is 176 Å². The van der Waals surface area contributed by atoms with Crippen LogP contribution in [0.25, 0.3) is 11.1 Å². The van der Waals surface area contributed by atoms with Gasteiger partial charge in [-0.05, 0) is 23.6 Å². The van der Waals surface area contributed by atoms with Gasteiger partial charge in [-0.3, -0.25) is 14.5 Å². The number of anilines is 1. The number of carbonyl (C=O) groups excluding carboxylic acids is 2. The van der Waals surface area contributed by atoms with Crippen molar-refractivity contribution in [2.45, 2.75) is 12.5 Å². The lowest BCUT2D eigenvalue weighted by molar-refractivity contribution is -0.125. The lowest BCUT2D eigenvalue weighted by Crippen LogP contribution is -2.58. The molecule has 0 radical (unpaired) electrons. The van der Waals surface area contributed by atoms with E-state index in [1.165, 1.54) is 5.56 Å². The highest BCUT2D eigenvalue weighted by molar-refractivity contribution is 6.00. The molecule has 1 heterocycles. The maximum absolute atomic E-state index is 13.1. The van der Waals surface area contributed by atoms with Gasteiger partial charge in [0, 0.05) is 18.2 Å². The zero-order chi connectivity index (χ0) is 20.9. The average Bonchev–Trinajstić information content (AvgIpc) is 2.76. The van der Waals surface area contributed by atoms with Crippen LogP contribution in [0.3, 0.4) is 0 Å². The Morgan fingerprint density at radius 3 is 2.23 bits per heavy atom. The van der Waals surface area contributed by atoms with Gasteiger partial charge in [-0.2, -0.15) is 0 Å². The molecular weight excluding hydrogens is 374 g/mol. The first-order valence-electron chi connectivity index (χ1n) is 10.1. The molecule has 30 heavy (non-hydrogen) atoms. The minimum absolute atomic E-state index is 0.00132. The summed E-state index contributed by atoms with van der Waals surface area (Å²) in [5, 5.41) is 0. The van der Waals surface area contributed by atoms with E-state index < -0.39 is 5.91 Å². The normalized spacial score (nSPS) is 17.1. The fourth-order valence-electron chi connectivity index (χ4n) is 4.08. The number of hydrogen-bond donors (Lipinski definition) is 1. The number of hydrogen-bond acceptors (Lipinski definition) is 3. The molecule has 2 N–H and O–H groups in total. The Balaban J connectivity index is 1.66. The molecule has 1 saturated heterocycles. The molecule has 2 amide bonds. The molecule has 4 rings (SSSR count). The fourth-order valence-corrected chi connectivity index (χ4v) is 4.08. The molecule has 1 unspecified atom stereocenters. The molecule has 5 heteroatoms. The summed E-state index contributed by atoms with van der Waals surface area (Å²) in [6.07, 6.45) is 0.741. The van der Waals surface area contributed by atoms with Crippen molar-refractivity contribution < 1.29 is 9.59 Å². The van der Waals surface area contributed by atoms with Gasteiger partial charge in [-0.15, -0.1) is 0 Å². The molecule has 152 valence electrons. The first kappa shape index (κ1) is 19.9. The Bertz CT molecular complexity index is 1020. The molecule has 0 saturated carbocycles. The van der Waals surface area contributed by atoms with Gasteiger partial charge in [0.2, 0.25) is 11.8 Å². The zero-order valence-electron chi connectivity index (χ0n) is 16.8. The monoisotopic (exact) mass is 399 g/mol. The number of nitrogens with two attached hydrogens (primary N) is 1. The van der Waals surface area contributed by atoms with E-state index in [0.717, 1.165) is 23.2 Å². The van der Waals surface area contributed by atoms with Gasteiger partial charge < -0.3 is 10.6 Å². The second-order valence-corrected chi connectivity index (χ2v) is 7.60. The molecule has 0 aliphatic carbocycles. The van der Waals surface area contributed by atoms with Gasteiger partial charge >= 0.3 is 0 Å². The highest BCUT2D eigenvalue weighted by atomic mass is 16.2. The summed E-state index contributed by atoms with van der Waals surface area (Å²) < 4.78 is 0. The summed E-state index contributed by atoms with van der Waals surface area (Å²) >= 11 is 0. The van der Waals surface area contributed by atoms with E-state index in [2.05, 4.69) is 12.1 Å². The minimum Gasteiger partial charge on any atom is -0.369 e. The van der Waals surface area contributed by atoms with Crippen LogP contribution >= 0.6 is 0 Å². The maximum Gasteiger partial charge on any atom is 0.241 e. The molecule has 1 aliphatic rings. The van der Waals surface area contributed by atoms with Crippen LogP contribution in [0, 0.1) is 0 Å². The van der Waals surface area contributed by atoms with Gasteiger partial charge in [0.1, 0.15) is 0 Å². The van der Waals surface area contributed by atoms with Crippen LogP contribution in [0.5, 0.6) is 0 Å². The third kappa shape index (κ3) is 4.42. The van der Waals surface area contributed by atoms with E-state index in [1.807, 2.05) is 82.6 Å². The van der Waals surface area contributed by atoms with E-state index in [9.17, 15) is 9.59 Å². The van der Waals surface area contributed by atoms with Crippen LogP contribution in [0.4, 0.5) is 5.69 Å². The number of rotatable bonds is 6. The predicted molar refractivity (Wildman–Crippen MR) is 119 cm³/mol. The van der Waals surface area contributed by atoms with E-state index in [4.69, 9.17) is 5.73 Å². The van der Waals surface area contributed by atoms with Crippen LogP contribution in [0.15, 0.2) is 84.9 Å². The summed E-state index contributed by atoms with van der Waals surface area (Å²) in [7, 11) is 0. The lowest BCUT2D eigenvalue weighted by atomic mass is 9.98. The molecule has 0 spiro atoms. The Hall–Kier alpha value is -3.44. The number of primary amides is 1. The van der Waals surface area contributed by atoms with Crippen molar-refractivity contribution in [3.05, 3.63) is 90.5 Å². The SMILES string of the molecule is NC(=O)CN1CC(=O)N(c2ccccc2-c2ccccc2)CC1Cc1ccccc1. The number of piperazine rings is 1. The maximum atomic E-state index is 13.1. The number of carbonyl (C=O) groups is 2. The smallest absolute Gasteiger partial charge is 0.241 e. The lowest BCUT2D eigenvalue weighted by Gasteiger charge is -2.41. The molecule has 1 atom stereocenters. The zero-order valence-corrected chi connectivity index (χ0v) is 16.8. The average molecular weight is 399 g/mol. The van der Waals surface area contributed by atoms with E-state index in [1.54, 1.807) is 0 Å². The highest BCUT2D eigenvalue weighted by Gasteiger charge is 2.34. The summed E-state index contributed by atoms with van der Waals surface area (Å²) in [6.45, 7) is 0.756. The molecule has 5 nitrogen and oxygen atoms in total. The number of benzene rings is 3. The molecule has 3 aromatic carbocycles. The number of para-hydroxylation sites is 1. The van der Waals surface area contributed by atoms with Crippen molar-refractivity contribution in [3.8, 4) is 11.1 Å². The van der Waals surface area contributed by atoms with E-state index in [-0.39, 0.29) is 25.0 Å². The van der Waals surface area contributed by atoms with Crippen LogP contribution in [-0.4, -0.2) is 42.4 Å². The van der Waals surface area contributed by atoms with Crippen LogP contribution in [0.1, 0.15) is 5.56 Å². The second kappa shape index (κ2) is 8.93. The Morgan fingerprint density at radius 1 is 0.900 bits per heavy atom. The van der Waals surface area contributed by atoms with Gasteiger partial charge in [0.25, 0.3) is 0 Å². The van der Waals surface area contributed by atoms with Gasteiger partial charge in [-0.1, -0.05) is 78.9 Å². The first-order valence-corrected chi connectivity index (χ1v) is 10.1. The minimum atomic E-state index is -0.418. The van der Waals surface area contributed by atoms with E-state index in [0.29, 0.717) is 6.54 Å². The van der Waals surface area contributed by atoms with Crippen LogP contribution < -0.4 is 10.6 Å².